The lowest BCUT2D eigenvalue weighted by Crippen LogP contribution is -2.33. The van der Waals surface area contributed by atoms with Crippen LogP contribution in [-0.4, -0.2) is 20.2 Å². The fourth-order valence-electron chi connectivity index (χ4n) is 1.03. The van der Waals surface area contributed by atoms with E-state index < -0.39 is 6.03 Å². The van der Waals surface area contributed by atoms with Gasteiger partial charge in [-0.05, 0) is 24.3 Å². The first-order valence-corrected chi connectivity index (χ1v) is 4.22. The summed E-state index contributed by atoms with van der Waals surface area (Å²) in [5.41, 5.74) is 0.380. The zero-order valence-corrected chi connectivity index (χ0v) is 8.43. The molecule has 0 atom stereocenters. The number of nitrogens with one attached hydrogen (secondary N) is 1. The van der Waals surface area contributed by atoms with Gasteiger partial charge in [0.15, 0.2) is 0 Å². The highest BCUT2D eigenvalue weighted by atomic mass is 16.5. The van der Waals surface area contributed by atoms with Crippen LogP contribution >= 0.6 is 0 Å². The van der Waals surface area contributed by atoms with Crippen molar-refractivity contribution in [2.24, 2.45) is 5.29 Å². The summed E-state index contributed by atoms with van der Waals surface area (Å²) < 4.78 is 4.94. The third-order valence-corrected chi connectivity index (χ3v) is 1.80. The largest absolute Gasteiger partial charge is 0.497 e. The quantitative estimate of drug-likeness (QED) is 0.606. The number of carbonyl (C=O) groups excluding carboxylic acids is 1. The van der Waals surface area contributed by atoms with E-state index in [1.165, 1.54) is 14.2 Å². The fourth-order valence-corrected chi connectivity index (χ4v) is 1.03. The summed E-state index contributed by atoms with van der Waals surface area (Å²) >= 11 is 0. The van der Waals surface area contributed by atoms with Crippen molar-refractivity contribution in [3.63, 3.8) is 0 Å². The average Bonchev–Trinajstić information content (AvgIpc) is 2.30. The minimum Gasteiger partial charge on any atom is -0.497 e. The second kappa shape index (κ2) is 4.94. The van der Waals surface area contributed by atoms with Crippen LogP contribution in [0.4, 0.5) is 10.5 Å². The Balaban J connectivity index is 2.92. The molecule has 0 aliphatic carbocycles. The number of nitroso groups, excluding NO2 is 1. The molecule has 0 unspecified atom stereocenters. The molecule has 0 radical (unpaired) electrons. The summed E-state index contributed by atoms with van der Waals surface area (Å²) in [7, 11) is 2.95. The van der Waals surface area contributed by atoms with Crippen molar-refractivity contribution in [2.45, 2.75) is 0 Å². The molecule has 0 saturated heterocycles. The summed E-state index contributed by atoms with van der Waals surface area (Å²) in [5, 5.41) is 5.64. The van der Waals surface area contributed by atoms with Crippen molar-refractivity contribution in [3.05, 3.63) is 29.2 Å². The van der Waals surface area contributed by atoms with E-state index in [2.05, 4.69) is 10.6 Å². The Morgan fingerprint density at radius 1 is 1.40 bits per heavy atom. The summed E-state index contributed by atoms with van der Waals surface area (Å²) in [6, 6.07) is 5.81. The molecule has 1 aromatic rings. The third kappa shape index (κ3) is 2.43. The SMILES string of the molecule is CNC(=O)N(N=O)c1ccc(OC)cc1. The smallest absolute Gasteiger partial charge is 0.344 e. The van der Waals surface area contributed by atoms with Crippen LogP contribution in [-0.2, 0) is 0 Å². The van der Waals surface area contributed by atoms with E-state index in [9.17, 15) is 9.70 Å². The summed E-state index contributed by atoms with van der Waals surface area (Å²) in [6.45, 7) is 0. The Kier molecular flexibility index (Phi) is 3.61. The van der Waals surface area contributed by atoms with Crippen molar-refractivity contribution in [1.29, 1.82) is 0 Å². The van der Waals surface area contributed by atoms with Gasteiger partial charge in [-0.2, -0.15) is 0 Å². The molecular weight excluding hydrogens is 198 g/mol. The highest BCUT2D eigenvalue weighted by molar-refractivity contribution is 5.90. The first-order valence-electron chi connectivity index (χ1n) is 4.22. The van der Waals surface area contributed by atoms with Crippen LogP contribution in [0.3, 0.4) is 0 Å². The number of nitrogens with zero attached hydrogens (tertiary/aromatic N) is 2. The molecule has 0 aliphatic heterocycles. The number of urea groups is 1. The molecule has 1 aromatic carbocycles. The lowest BCUT2D eigenvalue weighted by atomic mass is 10.3. The average molecular weight is 209 g/mol. The molecule has 0 spiro atoms. The van der Waals surface area contributed by atoms with Crippen molar-refractivity contribution in [2.75, 3.05) is 19.2 Å². The normalized spacial score (nSPS) is 9.20. The fraction of sp³-hybridized carbons (Fsp3) is 0.222. The highest BCUT2D eigenvalue weighted by Crippen LogP contribution is 2.19. The molecule has 1 rings (SSSR count). The summed E-state index contributed by atoms with van der Waals surface area (Å²) in [4.78, 5) is 21.6. The van der Waals surface area contributed by atoms with Crippen molar-refractivity contribution in [1.82, 2.24) is 5.32 Å². The molecule has 6 nitrogen and oxygen atoms in total. The van der Waals surface area contributed by atoms with Gasteiger partial charge in [0.1, 0.15) is 5.75 Å². The number of carbonyl (C=O) groups is 1. The Hall–Kier alpha value is -2.11. The molecule has 80 valence electrons. The van der Waals surface area contributed by atoms with E-state index >= 15 is 0 Å². The molecule has 0 aliphatic rings. The van der Waals surface area contributed by atoms with E-state index in [0.29, 0.717) is 11.4 Å². The van der Waals surface area contributed by atoms with Gasteiger partial charge in [0.05, 0.1) is 18.1 Å². The number of methoxy groups -OCH3 is 1. The van der Waals surface area contributed by atoms with Crippen molar-refractivity contribution in [3.8, 4) is 5.75 Å². The first kappa shape index (κ1) is 11.0. The van der Waals surface area contributed by atoms with Crippen LogP contribution in [0.15, 0.2) is 29.6 Å². The zero-order chi connectivity index (χ0) is 11.3. The van der Waals surface area contributed by atoms with Crippen molar-refractivity contribution >= 4 is 11.7 Å². The number of ether oxygens (including phenoxy) is 1. The van der Waals surface area contributed by atoms with Gasteiger partial charge < -0.3 is 10.1 Å². The Morgan fingerprint density at radius 3 is 2.40 bits per heavy atom. The van der Waals surface area contributed by atoms with E-state index in [0.717, 1.165) is 5.01 Å². The van der Waals surface area contributed by atoms with Gasteiger partial charge in [0.2, 0.25) is 0 Å². The van der Waals surface area contributed by atoms with E-state index in [-0.39, 0.29) is 0 Å². The molecule has 0 heterocycles. The number of anilines is 1. The number of hydrogen-bond donors (Lipinski definition) is 1. The van der Waals surface area contributed by atoms with Gasteiger partial charge in [-0.25, -0.2) is 4.79 Å². The van der Waals surface area contributed by atoms with Gasteiger partial charge in [-0.15, -0.1) is 9.92 Å². The maximum atomic E-state index is 11.2. The van der Waals surface area contributed by atoms with Crippen LogP contribution in [0.1, 0.15) is 0 Å². The van der Waals surface area contributed by atoms with Gasteiger partial charge in [-0.1, -0.05) is 0 Å². The van der Waals surface area contributed by atoms with Gasteiger partial charge >= 0.3 is 6.03 Å². The maximum Gasteiger partial charge on any atom is 0.344 e. The Labute approximate surface area is 86.8 Å². The summed E-state index contributed by atoms with van der Waals surface area (Å²) in [5.74, 6) is 0.640. The summed E-state index contributed by atoms with van der Waals surface area (Å²) in [6.07, 6.45) is 0. The molecule has 6 heteroatoms. The molecule has 2 amide bonds. The lowest BCUT2D eigenvalue weighted by molar-refractivity contribution is 0.248. The number of benzene rings is 1. The lowest BCUT2D eigenvalue weighted by Gasteiger charge is -2.12. The van der Waals surface area contributed by atoms with Crippen LogP contribution in [0.25, 0.3) is 0 Å². The molecule has 15 heavy (non-hydrogen) atoms. The zero-order valence-electron chi connectivity index (χ0n) is 8.43. The molecule has 1 N–H and O–H groups in total. The number of hydrogen-bond acceptors (Lipinski definition) is 4. The van der Waals surface area contributed by atoms with Crippen LogP contribution in [0, 0.1) is 4.91 Å². The number of amides is 2. The van der Waals surface area contributed by atoms with E-state index in [1.54, 1.807) is 24.3 Å². The second-order valence-electron chi connectivity index (χ2n) is 2.65. The van der Waals surface area contributed by atoms with E-state index in [4.69, 9.17) is 4.74 Å². The van der Waals surface area contributed by atoms with Gasteiger partial charge in [0, 0.05) is 7.05 Å². The van der Waals surface area contributed by atoms with Crippen LogP contribution in [0.5, 0.6) is 5.75 Å². The van der Waals surface area contributed by atoms with Crippen LogP contribution in [0.2, 0.25) is 0 Å². The predicted octanol–water partition coefficient (Wildman–Crippen LogP) is 1.52. The predicted molar refractivity (Wildman–Crippen MR) is 55.7 cm³/mol. The van der Waals surface area contributed by atoms with Crippen LogP contribution < -0.4 is 15.1 Å². The third-order valence-electron chi connectivity index (χ3n) is 1.80. The van der Waals surface area contributed by atoms with Crippen molar-refractivity contribution < 1.29 is 9.53 Å². The van der Waals surface area contributed by atoms with E-state index in [1.807, 2.05) is 0 Å². The Bertz CT molecular complexity index is 350. The van der Waals surface area contributed by atoms with Gasteiger partial charge in [0.25, 0.3) is 0 Å². The highest BCUT2D eigenvalue weighted by Gasteiger charge is 2.14. The molecule has 0 fully saturated rings. The molecular formula is C9H11N3O3. The topological polar surface area (TPSA) is 71.0 Å². The second-order valence-corrected chi connectivity index (χ2v) is 2.65. The monoisotopic (exact) mass is 209 g/mol. The van der Waals surface area contributed by atoms with Gasteiger partial charge in [-0.3, -0.25) is 0 Å². The Morgan fingerprint density at radius 2 is 2.00 bits per heavy atom. The molecule has 0 bridgehead atoms. The number of rotatable bonds is 3. The molecule has 0 saturated carbocycles. The first-order chi connectivity index (χ1) is 7.22. The standard InChI is InChI=1S/C9H11N3O3/c1-10-9(13)12(11-14)7-3-5-8(15-2)6-4-7/h3-6H,1-2H3,(H,10,13). The minimum absolute atomic E-state index is 0.380. The minimum atomic E-state index is -0.588. The maximum absolute atomic E-state index is 11.2. The molecule has 0 aromatic heterocycles.